The molecule has 1 aliphatic rings. The summed E-state index contributed by atoms with van der Waals surface area (Å²) in [5.74, 6) is -0.0770. The van der Waals surface area contributed by atoms with E-state index in [0.717, 1.165) is 12.8 Å². The van der Waals surface area contributed by atoms with E-state index in [2.05, 4.69) is 9.88 Å². The maximum absolute atomic E-state index is 12.1. The minimum Gasteiger partial charge on any atom is -0.409 e. The van der Waals surface area contributed by atoms with Gasteiger partial charge >= 0.3 is 0 Å². The summed E-state index contributed by atoms with van der Waals surface area (Å²) in [6.07, 6.45) is 2.17. The monoisotopic (exact) mass is 280 g/mol. The predicted molar refractivity (Wildman–Crippen MR) is 66.6 cm³/mol. The van der Waals surface area contributed by atoms with Gasteiger partial charge in [0, 0.05) is 20.2 Å². The van der Waals surface area contributed by atoms with Crippen LogP contribution in [-0.2, 0) is 14.9 Å². The molecule has 1 fully saturated rings. The van der Waals surface area contributed by atoms with Crippen LogP contribution < -0.4 is 10.5 Å². The molecule has 1 atom stereocenters. The van der Waals surface area contributed by atoms with Gasteiger partial charge in [0.25, 0.3) is 10.2 Å². The zero-order valence-electron chi connectivity index (χ0n) is 10.4. The van der Waals surface area contributed by atoms with E-state index in [9.17, 15) is 8.42 Å². The fraction of sp³-hybridized carbons (Fsp3) is 0.889. The van der Waals surface area contributed by atoms with Crippen molar-refractivity contribution in [3.8, 4) is 0 Å². The number of nitrogens with one attached hydrogen (secondary N) is 1. The van der Waals surface area contributed by atoms with Gasteiger partial charge in [0.15, 0.2) is 5.84 Å². The van der Waals surface area contributed by atoms with Gasteiger partial charge in [0.1, 0.15) is 0 Å². The Bertz CT molecular complexity index is 384. The van der Waals surface area contributed by atoms with Crippen LogP contribution in [0.25, 0.3) is 0 Å². The van der Waals surface area contributed by atoms with Gasteiger partial charge in [-0.25, -0.2) is 0 Å². The smallest absolute Gasteiger partial charge is 0.280 e. The molecule has 1 saturated heterocycles. The Morgan fingerprint density at radius 1 is 1.61 bits per heavy atom. The van der Waals surface area contributed by atoms with Gasteiger partial charge in [0.2, 0.25) is 0 Å². The highest BCUT2D eigenvalue weighted by Crippen LogP contribution is 2.19. The molecule has 0 spiro atoms. The fourth-order valence-corrected chi connectivity index (χ4v) is 3.34. The lowest BCUT2D eigenvalue weighted by Gasteiger charge is -2.33. The van der Waals surface area contributed by atoms with Crippen molar-refractivity contribution in [1.29, 1.82) is 0 Å². The third-order valence-corrected chi connectivity index (χ3v) is 4.43. The molecule has 0 aromatic heterocycles. The third kappa shape index (κ3) is 3.80. The highest BCUT2D eigenvalue weighted by Gasteiger charge is 2.34. The first kappa shape index (κ1) is 15.2. The average Bonchev–Trinajstić information content (AvgIpc) is 2.38. The molecule has 18 heavy (non-hydrogen) atoms. The van der Waals surface area contributed by atoms with Gasteiger partial charge < -0.3 is 15.7 Å². The molecule has 8 nitrogen and oxygen atoms in total. The summed E-state index contributed by atoms with van der Waals surface area (Å²) in [7, 11) is -2.13. The Balaban J connectivity index is 2.76. The number of rotatable bonds is 6. The van der Waals surface area contributed by atoms with E-state index in [1.54, 1.807) is 0 Å². The fourth-order valence-electron chi connectivity index (χ4n) is 1.91. The number of methoxy groups -OCH3 is 1. The summed E-state index contributed by atoms with van der Waals surface area (Å²) in [5.41, 5.74) is 5.53. The number of amidine groups is 1. The van der Waals surface area contributed by atoms with E-state index >= 15 is 0 Å². The molecule has 1 heterocycles. The second-order valence-electron chi connectivity index (χ2n) is 4.04. The topological polar surface area (TPSA) is 117 Å². The van der Waals surface area contributed by atoms with Crippen LogP contribution in [0.2, 0.25) is 0 Å². The van der Waals surface area contributed by atoms with Gasteiger partial charge in [0.05, 0.1) is 12.6 Å². The summed E-state index contributed by atoms with van der Waals surface area (Å²) in [5, 5.41) is 11.6. The van der Waals surface area contributed by atoms with Crippen molar-refractivity contribution in [2.24, 2.45) is 10.9 Å². The molecule has 4 N–H and O–H groups in total. The number of nitrogens with two attached hydrogens (primary N) is 1. The molecule has 0 aromatic carbocycles. The van der Waals surface area contributed by atoms with E-state index in [-0.39, 0.29) is 12.4 Å². The second-order valence-corrected chi connectivity index (χ2v) is 5.75. The first-order valence-electron chi connectivity index (χ1n) is 5.75. The van der Waals surface area contributed by atoms with E-state index < -0.39 is 16.3 Å². The van der Waals surface area contributed by atoms with Gasteiger partial charge in [-0.15, -0.1) is 0 Å². The average molecular weight is 280 g/mol. The van der Waals surface area contributed by atoms with Gasteiger partial charge in [-0.1, -0.05) is 11.6 Å². The maximum atomic E-state index is 12.1. The van der Waals surface area contributed by atoms with Crippen molar-refractivity contribution in [3.05, 3.63) is 0 Å². The Hall–Kier alpha value is -0.900. The molecule has 0 aromatic rings. The van der Waals surface area contributed by atoms with E-state index in [1.807, 2.05) is 0 Å². The molecule has 0 saturated carbocycles. The molecule has 9 heteroatoms. The van der Waals surface area contributed by atoms with Crippen molar-refractivity contribution in [1.82, 2.24) is 9.03 Å². The summed E-state index contributed by atoms with van der Waals surface area (Å²) in [4.78, 5) is 0. The first-order chi connectivity index (χ1) is 8.53. The summed E-state index contributed by atoms with van der Waals surface area (Å²) in [6, 6.07) is -0.580. The number of piperidine rings is 1. The van der Waals surface area contributed by atoms with Crippen molar-refractivity contribution in [2.75, 3.05) is 26.8 Å². The van der Waals surface area contributed by atoms with Gasteiger partial charge in [-0.2, -0.15) is 17.4 Å². The lowest BCUT2D eigenvalue weighted by molar-refractivity contribution is 0.203. The maximum Gasteiger partial charge on any atom is 0.280 e. The molecular weight excluding hydrogens is 260 g/mol. The minimum absolute atomic E-state index is 0.0770. The molecule has 106 valence electrons. The molecule has 1 rings (SSSR count). The zero-order chi connectivity index (χ0) is 13.6. The molecule has 0 amide bonds. The van der Waals surface area contributed by atoms with Crippen LogP contribution in [0.4, 0.5) is 0 Å². The lowest BCUT2D eigenvalue weighted by atomic mass is 10.0. The van der Waals surface area contributed by atoms with Crippen LogP contribution in [0.3, 0.4) is 0 Å². The standard InChI is InChI=1S/C9H20N4O4S/c1-17-7-5-11-18(15,16)13-6-3-2-4-8(13)9(10)12-14/h8,11,14H,2-7H2,1H3,(H2,10,12). The number of oxime groups is 1. The molecule has 0 aliphatic carbocycles. The Kier molecular flexibility index (Phi) is 5.79. The SMILES string of the molecule is COCCNS(=O)(=O)N1CCCCC1C(N)=NO. The van der Waals surface area contributed by atoms with Crippen LogP contribution in [0.15, 0.2) is 5.16 Å². The summed E-state index contributed by atoms with van der Waals surface area (Å²) >= 11 is 0. The van der Waals surface area contributed by atoms with Crippen LogP contribution in [0.5, 0.6) is 0 Å². The summed E-state index contributed by atoms with van der Waals surface area (Å²) in [6.45, 7) is 0.850. The number of nitrogens with zero attached hydrogens (tertiary/aromatic N) is 2. The van der Waals surface area contributed by atoms with Crippen LogP contribution in [0, 0.1) is 0 Å². The van der Waals surface area contributed by atoms with Crippen molar-refractivity contribution < 1.29 is 18.4 Å². The van der Waals surface area contributed by atoms with Crippen LogP contribution >= 0.6 is 0 Å². The molecule has 1 aliphatic heterocycles. The van der Waals surface area contributed by atoms with Crippen molar-refractivity contribution >= 4 is 16.0 Å². The lowest BCUT2D eigenvalue weighted by Crippen LogP contribution is -2.54. The Morgan fingerprint density at radius 2 is 2.33 bits per heavy atom. The first-order valence-corrected chi connectivity index (χ1v) is 7.19. The van der Waals surface area contributed by atoms with Crippen molar-refractivity contribution in [2.45, 2.75) is 25.3 Å². The molecule has 1 unspecified atom stereocenters. The highest BCUT2D eigenvalue weighted by atomic mass is 32.2. The van der Waals surface area contributed by atoms with E-state index in [0.29, 0.717) is 19.6 Å². The second kappa shape index (κ2) is 6.88. The Morgan fingerprint density at radius 3 is 2.94 bits per heavy atom. The van der Waals surface area contributed by atoms with E-state index in [1.165, 1.54) is 11.4 Å². The van der Waals surface area contributed by atoms with Crippen LogP contribution in [-0.4, -0.2) is 56.6 Å². The Labute approximate surface area is 107 Å². The van der Waals surface area contributed by atoms with Crippen LogP contribution in [0.1, 0.15) is 19.3 Å². The summed E-state index contributed by atoms with van der Waals surface area (Å²) < 4.78 is 32.6. The largest absolute Gasteiger partial charge is 0.409 e. The number of hydrogen-bond acceptors (Lipinski definition) is 5. The molecular formula is C9H20N4O4S. The van der Waals surface area contributed by atoms with Gasteiger partial charge in [-0.3, -0.25) is 0 Å². The number of ether oxygens (including phenoxy) is 1. The normalized spacial score (nSPS) is 23.2. The van der Waals surface area contributed by atoms with Crippen molar-refractivity contribution in [3.63, 3.8) is 0 Å². The third-order valence-electron chi connectivity index (χ3n) is 2.81. The number of hydrogen-bond donors (Lipinski definition) is 3. The van der Waals surface area contributed by atoms with Gasteiger partial charge in [-0.05, 0) is 12.8 Å². The minimum atomic E-state index is -3.63. The predicted octanol–water partition coefficient (Wildman–Crippen LogP) is -0.932. The quantitative estimate of drug-likeness (QED) is 0.191. The molecule has 0 bridgehead atoms. The zero-order valence-corrected chi connectivity index (χ0v) is 11.2. The van der Waals surface area contributed by atoms with E-state index in [4.69, 9.17) is 15.7 Å². The highest BCUT2D eigenvalue weighted by molar-refractivity contribution is 7.87. The molecule has 0 radical (unpaired) electrons.